The lowest BCUT2D eigenvalue weighted by molar-refractivity contribution is -0.137. The average Bonchev–Trinajstić information content (AvgIpc) is 3.29. The van der Waals surface area contributed by atoms with Gasteiger partial charge in [-0.05, 0) is 37.0 Å². The van der Waals surface area contributed by atoms with Gasteiger partial charge in [-0.1, -0.05) is 24.8 Å². The molecule has 1 aliphatic carbocycles. The summed E-state index contributed by atoms with van der Waals surface area (Å²) in [7, 11) is 1.64. The number of amides is 2. The van der Waals surface area contributed by atoms with Crippen LogP contribution in [0.1, 0.15) is 40.7 Å². The van der Waals surface area contributed by atoms with Crippen LogP contribution in [0.15, 0.2) is 24.3 Å². The standard InChI is InChI=1S/C21H22N4O3/c1-13-10-16-17(11-13)23-24-18(16)19(26)22-15-5-3-4-14(12-15)6-7-21(28)8-9-25(2)20(21)27/h3-5,12-13,28H,8-11H2,1-2H3,(H,22,26)(H,23,24)/t13-,21+/m1/s1. The van der Waals surface area contributed by atoms with E-state index in [1.54, 1.807) is 31.3 Å². The third-order valence-electron chi connectivity index (χ3n) is 5.32. The molecule has 28 heavy (non-hydrogen) atoms. The summed E-state index contributed by atoms with van der Waals surface area (Å²) >= 11 is 0. The first-order chi connectivity index (χ1) is 13.4. The number of hydrogen-bond donors (Lipinski definition) is 3. The molecule has 1 aliphatic heterocycles. The van der Waals surface area contributed by atoms with Gasteiger partial charge in [0.25, 0.3) is 11.8 Å². The van der Waals surface area contributed by atoms with Gasteiger partial charge in [0.2, 0.25) is 5.60 Å². The van der Waals surface area contributed by atoms with Crippen LogP contribution < -0.4 is 5.32 Å². The predicted octanol–water partition coefficient (Wildman–Crippen LogP) is 1.34. The van der Waals surface area contributed by atoms with E-state index in [0.29, 0.717) is 29.4 Å². The molecule has 0 saturated carbocycles. The zero-order valence-electron chi connectivity index (χ0n) is 15.9. The summed E-state index contributed by atoms with van der Waals surface area (Å²) in [5.41, 5.74) is 2.02. The molecule has 0 spiro atoms. The summed E-state index contributed by atoms with van der Waals surface area (Å²) in [5, 5.41) is 20.4. The van der Waals surface area contributed by atoms with Crippen molar-refractivity contribution in [1.82, 2.24) is 15.1 Å². The minimum Gasteiger partial charge on any atom is -0.369 e. The van der Waals surface area contributed by atoms with E-state index in [-0.39, 0.29) is 18.2 Å². The lowest BCUT2D eigenvalue weighted by Crippen LogP contribution is -2.37. The number of anilines is 1. The van der Waals surface area contributed by atoms with E-state index >= 15 is 0 Å². The third-order valence-corrected chi connectivity index (χ3v) is 5.32. The highest BCUT2D eigenvalue weighted by molar-refractivity contribution is 6.04. The monoisotopic (exact) mass is 378 g/mol. The van der Waals surface area contributed by atoms with Crippen LogP contribution in [0.4, 0.5) is 5.69 Å². The van der Waals surface area contributed by atoms with Crippen LogP contribution in [-0.2, 0) is 17.6 Å². The molecule has 1 fully saturated rings. The minimum absolute atomic E-state index is 0.261. The maximum absolute atomic E-state index is 12.6. The molecule has 3 N–H and O–H groups in total. The highest BCUT2D eigenvalue weighted by Gasteiger charge is 2.42. The molecule has 0 unspecified atom stereocenters. The van der Waals surface area contributed by atoms with Crippen molar-refractivity contribution in [3.63, 3.8) is 0 Å². The van der Waals surface area contributed by atoms with Crippen molar-refractivity contribution in [3.05, 3.63) is 46.8 Å². The van der Waals surface area contributed by atoms with Crippen LogP contribution >= 0.6 is 0 Å². The molecule has 1 aromatic carbocycles. The third kappa shape index (κ3) is 3.27. The maximum atomic E-state index is 12.6. The molecule has 0 bridgehead atoms. The van der Waals surface area contributed by atoms with Crippen molar-refractivity contribution < 1.29 is 14.7 Å². The van der Waals surface area contributed by atoms with Gasteiger partial charge >= 0.3 is 0 Å². The molecule has 0 radical (unpaired) electrons. The van der Waals surface area contributed by atoms with Crippen LogP contribution in [0, 0.1) is 17.8 Å². The number of aliphatic hydroxyl groups is 1. The van der Waals surface area contributed by atoms with E-state index < -0.39 is 5.60 Å². The van der Waals surface area contributed by atoms with Gasteiger partial charge < -0.3 is 15.3 Å². The van der Waals surface area contributed by atoms with Crippen LogP contribution in [-0.4, -0.2) is 51.2 Å². The number of rotatable bonds is 2. The van der Waals surface area contributed by atoms with E-state index in [1.807, 2.05) is 0 Å². The second kappa shape index (κ2) is 6.80. The summed E-state index contributed by atoms with van der Waals surface area (Å²) in [6, 6.07) is 7.01. The van der Waals surface area contributed by atoms with Gasteiger partial charge in [0.1, 0.15) is 0 Å². The van der Waals surface area contributed by atoms with Gasteiger partial charge in [-0.3, -0.25) is 14.7 Å². The maximum Gasteiger partial charge on any atom is 0.276 e. The van der Waals surface area contributed by atoms with Crippen molar-refractivity contribution >= 4 is 17.5 Å². The number of H-pyrrole nitrogens is 1. The molecule has 2 atom stereocenters. The lowest BCUT2D eigenvalue weighted by Gasteiger charge is -2.13. The number of aromatic amines is 1. The molecule has 2 aromatic rings. The highest BCUT2D eigenvalue weighted by atomic mass is 16.3. The minimum atomic E-state index is -1.64. The van der Waals surface area contributed by atoms with Crippen molar-refractivity contribution in [2.75, 3.05) is 18.9 Å². The lowest BCUT2D eigenvalue weighted by atomic mass is 10.0. The Balaban J connectivity index is 1.50. The Kier molecular flexibility index (Phi) is 4.44. The number of nitrogens with zero attached hydrogens (tertiary/aromatic N) is 2. The van der Waals surface area contributed by atoms with Crippen molar-refractivity contribution in [1.29, 1.82) is 0 Å². The SMILES string of the molecule is C[C@H]1Cc2[nH]nc(C(=O)Nc3cccc(C#C[C@]4(O)CCN(C)C4=O)c3)c2C1. The smallest absolute Gasteiger partial charge is 0.276 e. The number of nitrogens with one attached hydrogen (secondary N) is 2. The Morgan fingerprint density at radius 2 is 2.25 bits per heavy atom. The van der Waals surface area contributed by atoms with Crippen molar-refractivity contribution in [2.45, 2.75) is 31.8 Å². The fourth-order valence-electron chi connectivity index (χ4n) is 3.76. The summed E-state index contributed by atoms with van der Waals surface area (Å²) < 4.78 is 0. The fourth-order valence-corrected chi connectivity index (χ4v) is 3.76. The molecule has 144 valence electrons. The van der Waals surface area contributed by atoms with Gasteiger partial charge in [0, 0.05) is 42.5 Å². The second-order valence-corrected chi connectivity index (χ2v) is 7.66. The molecule has 1 aromatic heterocycles. The molecule has 7 nitrogen and oxygen atoms in total. The van der Waals surface area contributed by atoms with E-state index in [4.69, 9.17) is 0 Å². The van der Waals surface area contributed by atoms with E-state index in [9.17, 15) is 14.7 Å². The van der Waals surface area contributed by atoms with E-state index in [0.717, 1.165) is 24.1 Å². The fraction of sp³-hybridized carbons (Fsp3) is 0.381. The van der Waals surface area contributed by atoms with Crippen molar-refractivity contribution in [3.8, 4) is 11.8 Å². The van der Waals surface area contributed by atoms with Crippen LogP contribution in [0.25, 0.3) is 0 Å². The second-order valence-electron chi connectivity index (χ2n) is 7.66. The van der Waals surface area contributed by atoms with Crippen LogP contribution in [0.3, 0.4) is 0 Å². The highest BCUT2D eigenvalue weighted by Crippen LogP contribution is 2.27. The van der Waals surface area contributed by atoms with Gasteiger partial charge in [-0.25, -0.2) is 0 Å². The zero-order chi connectivity index (χ0) is 19.9. The topological polar surface area (TPSA) is 98.3 Å². The number of carbonyl (C=O) groups excluding carboxylic acids is 2. The van der Waals surface area contributed by atoms with Gasteiger partial charge in [0.05, 0.1) is 0 Å². The molecule has 2 amide bonds. The number of fused-ring (bicyclic) bond motifs is 1. The first kappa shape index (κ1) is 18.3. The average molecular weight is 378 g/mol. The zero-order valence-corrected chi connectivity index (χ0v) is 15.9. The number of carbonyl (C=O) groups is 2. The Bertz CT molecular complexity index is 1020. The summed E-state index contributed by atoms with van der Waals surface area (Å²) in [6.07, 6.45) is 2.05. The number of benzene rings is 1. The number of aromatic nitrogens is 2. The van der Waals surface area contributed by atoms with Crippen LogP contribution in [0.5, 0.6) is 0 Å². The number of likely N-dealkylation sites (tertiary alicyclic amines) is 1. The van der Waals surface area contributed by atoms with Gasteiger partial charge in [-0.15, -0.1) is 0 Å². The summed E-state index contributed by atoms with van der Waals surface area (Å²) in [4.78, 5) is 26.1. The summed E-state index contributed by atoms with van der Waals surface area (Å²) in [5.74, 6) is 5.41. The Hall–Kier alpha value is -3.11. The molecule has 2 aliphatic rings. The Morgan fingerprint density at radius 1 is 1.43 bits per heavy atom. The first-order valence-electron chi connectivity index (χ1n) is 9.34. The quantitative estimate of drug-likeness (QED) is 0.687. The van der Waals surface area contributed by atoms with Crippen LogP contribution in [0.2, 0.25) is 0 Å². The number of hydrogen-bond acceptors (Lipinski definition) is 4. The normalized spacial score (nSPS) is 23.3. The first-order valence-corrected chi connectivity index (χ1v) is 9.34. The molecule has 2 heterocycles. The van der Waals surface area contributed by atoms with Gasteiger partial charge in [-0.2, -0.15) is 5.10 Å². The predicted molar refractivity (Wildman–Crippen MR) is 104 cm³/mol. The largest absolute Gasteiger partial charge is 0.369 e. The van der Waals surface area contributed by atoms with E-state index in [1.165, 1.54) is 4.90 Å². The Morgan fingerprint density at radius 3 is 3.00 bits per heavy atom. The summed E-state index contributed by atoms with van der Waals surface area (Å²) in [6.45, 7) is 2.63. The molecular weight excluding hydrogens is 356 g/mol. The number of likely N-dealkylation sites (N-methyl/N-ethyl adjacent to an activating group) is 1. The molecule has 1 saturated heterocycles. The molecule has 4 rings (SSSR count). The Labute approximate surface area is 163 Å². The van der Waals surface area contributed by atoms with Gasteiger partial charge in [0.15, 0.2) is 5.69 Å². The molecular formula is C21H22N4O3. The van der Waals surface area contributed by atoms with E-state index in [2.05, 4.69) is 34.3 Å². The van der Waals surface area contributed by atoms with Crippen molar-refractivity contribution in [2.24, 2.45) is 5.92 Å². The molecule has 7 heteroatoms.